The Morgan fingerprint density at radius 1 is 1.27 bits per heavy atom. The van der Waals surface area contributed by atoms with E-state index in [0.29, 0.717) is 23.0 Å². The van der Waals surface area contributed by atoms with Crippen LogP contribution >= 0.6 is 0 Å². The lowest BCUT2D eigenvalue weighted by atomic mass is 10.1. The number of halogens is 3. The fourth-order valence-corrected chi connectivity index (χ4v) is 3.34. The van der Waals surface area contributed by atoms with E-state index in [-0.39, 0.29) is 24.6 Å². The molecule has 0 radical (unpaired) electrons. The maximum Gasteiger partial charge on any atom is 0.416 e. The van der Waals surface area contributed by atoms with Gasteiger partial charge in [-0.2, -0.15) is 13.2 Å². The van der Waals surface area contributed by atoms with Gasteiger partial charge in [0.1, 0.15) is 0 Å². The van der Waals surface area contributed by atoms with E-state index in [1.807, 2.05) is 0 Å². The van der Waals surface area contributed by atoms with Gasteiger partial charge in [-0.15, -0.1) is 0 Å². The molecule has 3 rings (SSSR count). The number of sulfone groups is 1. The summed E-state index contributed by atoms with van der Waals surface area (Å²) < 4.78 is 62.5. The van der Waals surface area contributed by atoms with Crippen molar-refractivity contribution >= 4 is 21.4 Å². The molecule has 1 aromatic heterocycles. The van der Waals surface area contributed by atoms with Crippen molar-refractivity contribution in [3.05, 3.63) is 52.8 Å². The van der Waals surface area contributed by atoms with E-state index in [2.05, 4.69) is 15.6 Å². The van der Waals surface area contributed by atoms with Gasteiger partial charge in [-0.1, -0.05) is 0 Å². The smallest absolute Gasteiger partial charge is 0.380 e. The molecule has 1 amide bonds. The summed E-state index contributed by atoms with van der Waals surface area (Å²) >= 11 is 0. The lowest BCUT2D eigenvalue weighted by Crippen LogP contribution is -2.14. The van der Waals surface area contributed by atoms with Crippen LogP contribution in [0.3, 0.4) is 0 Å². The van der Waals surface area contributed by atoms with E-state index < -0.39 is 26.5 Å². The van der Waals surface area contributed by atoms with Crippen molar-refractivity contribution in [2.24, 2.45) is 0 Å². The summed E-state index contributed by atoms with van der Waals surface area (Å²) in [5.41, 5.74) is 0.381. The molecule has 0 atom stereocenters. The Balaban J connectivity index is 1.94. The molecule has 1 aliphatic rings. The molecule has 0 spiro atoms. The van der Waals surface area contributed by atoms with Crippen molar-refractivity contribution in [3.8, 4) is 0 Å². The van der Waals surface area contributed by atoms with Gasteiger partial charge in [-0.3, -0.25) is 9.78 Å². The van der Waals surface area contributed by atoms with Crippen molar-refractivity contribution in [2.75, 3.05) is 11.6 Å². The van der Waals surface area contributed by atoms with Gasteiger partial charge in [-0.25, -0.2) is 8.42 Å². The molecule has 2 heterocycles. The summed E-state index contributed by atoms with van der Waals surface area (Å²) in [6.07, 6.45) is -2.34. The number of carbonyl (C=O) groups excluding carboxylic acids is 1. The predicted molar refractivity (Wildman–Crippen MR) is 87.3 cm³/mol. The van der Waals surface area contributed by atoms with Crippen molar-refractivity contribution < 1.29 is 26.4 Å². The average molecular weight is 385 g/mol. The zero-order valence-electron chi connectivity index (χ0n) is 13.5. The molecule has 2 N–H and O–H groups in total. The largest absolute Gasteiger partial charge is 0.416 e. The number of hydrogen-bond donors (Lipinski definition) is 2. The van der Waals surface area contributed by atoms with E-state index in [0.717, 1.165) is 12.3 Å². The molecule has 1 aromatic carbocycles. The van der Waals surface area contributed by atoms with Crippen LogP contribution in [0.25, 0.3) is 0 Å². The third kappa shape index (κ3) is 3.64. The number of fused-ring (bicyclic) bond motifs is 1. The molecule has 0 unspecified atom stereocenters. The number of carbonyl (C=O) groups is 1. The molecule has 26 heavy (non-hydrogen) atoms. The van der Waals surface area contributed by atoms with Gasteiger partial charge < -0.3 is 10.6 Å². The zero-order valence-corrected chi connectivity index (χ0v) is 14.3. The number of amides is 1. The summed E-state index contributed by atoms with van der Waals surface area (Å²) in [7, 11) is -3.81. The summed E-state index contributed by atoms with van der Waals surface area (Å²) in [6.45, 7) is 0.196. The fourth-order valence-electron chi connectivity index (χ4n) is 2.63. The number of nitrogens with zero attached hydrogens (tertiary/aromatic N) is 1. The van der Waals surface area contributed by atoms with Gasteiger partial charge in [0, 0.05) is 19.0 Å². The molecular weight excluding hydrogens is 371 g/mol. The zero-order chi connectivity index (χ0) is 19.1. The van der Waals surface area contributed by atoms with Crippen molar-refractivity contribution in [1.29, 1.82) is 0 Å². The van der Waals surface area contributed by atoms with Crippen LogP contribution < -0.4 is 10.6 Å². The minimum absolute atomic E-state index is 0.0871. The van der Waals surface area contributed by atoms with Gasteiger partial charge in [0.15, 0.2) is 9.84 Å². The quantitative estimate of drug-likeness (QED) is 0.844. The van der Waals surface area contributed by atoms with Gasteiger partial charge >= 0.3 is 6.18 Å². The summed E-state index contributed by atoms with van der Waals surface area (Å²) in [4.78, 5) is 15.5. The molecular formula is C16H14F3N3O3S. The SMILES string of the molecule is CS(=O)(=O)c1cc(CNc2ccnc3c2C(=O)NC3)cc(C(F)(F)F)c1. The number of aromatic nitrogens is 1. The van der Waals surface area contributed by atoms with E-state index in [1.54, 1.807) is 0 Å². The maximum atomic E-state index is 13.1. The number of benzene rings is 1. The lowest BCUT2D eigenvalue weighted by Gasteiger charge is -2.13. The van der Waals surface area contributed by atoms with Gasteiger partial charge in [0.2, 0.25) is 0 Å². The Hall–Kier alpha value is -2.62. The minimum atomic E-state index is -4.67. The third-order valence-electron chi connectivity index (χ3n) is 3.88. The molecule has 0 bridgehead atoms. The van der Waals surface area contributed by atoms with Gasteiger partial charge in [0.25, 0.3) is 5.91 Å². The maximum absolute atomic E-state index is 13.1. The van der Waals surface area contributed by atoms with E-state index in [4.69, 9.17) is 0 Å². The van der Waals surface area contributed by atoms with Crippen molar-refractivity contribution in [3.63, 3.8) is 0 Å². The average Bonchev–Trinajstić information content (AvgIpc) is 2.93. The van der Waals surface area contributed by atoms with Crippen LogP contribution in [0, 0.1) is 0 Å². The van der Waals surface area contributed by atoms with Crippen LogP contribution in [0.2, 0.25) is 0 Å². The van der Waals surface area contributed by atoms with Gasteiger partial charge in [-0.05, 0) is 29.8 Å². The molecule has 6 nitrogen and oxygen atoms in total. The number of nitrogens with one attached hydrogen (secondary N) is 2. The molecule has 0 saturated carbocycles. The normalized spacial score (nSPS) is 14.1. The topological polar surface area (TPSA) is 88.2 Å². The highest BCUT2D eigenvalue weighted by Crippen LogP contribution is 2.32. The Morgan fingerprint density at radius 2 is 2.00 bits per heavy atom. The van der Waals surface area contributed by atoms with Crippen LogP contribution in [0.15, 0.2) is 35.4 Å². The third-order valence-corrected chi connectivity index (χ3v) is 4.97. The predicted octanol–water partition coefficient (Wildman–Crippen LogP) is 2.36. The van der Waals surface area contributed by atoms with Crippen LogP contribution in [-0.4, -0.2) is 25.6 Å². The second-order valence-electron chi connectivity index (χ2n) is 5.85. The molecule has 0 aliphatic carbocycles. The highest BCUT2D eigenvalue weighted by atomic mass is 32.2. The summed E-state index contributed by atoms with van der Waals surface area (Å²) in [5.74, 6) is -0.323. The first kappa shape index (κ1) is 18.2. The first-order chi connectivity index (χ1) is 12.1. The second kappa shape index (κ2) is 6.27. The Morgan fingerprint density at radius 3 is 2.65 bits per heavy atom. The van der Waals surface area contributed by atoms with Crippen LogP contribution in [-0.2, 0) is 29.1 Å². The minimum Gasteiger partial charge on any atom is -0.380 e. The highest BCUT2D eigenvalue weighted by molar-refractivity contribution is 7.90. The first-order valence-electron chi connectivity index (χ1n) is 7.47. The van der Waals surface area contributed by atoms with E-state index in [9.17, 15) is 26.4 Å². The molecule has 10 heteroatoms. The molecule has 0 fully saturated rings. The number of alkyl halides is 3. The standard InChI is InChI=1S/C16H14F3N3O3S/c1-26(24,25)11-5-9(4-10(6-11)16(17,18)19)7-21-12-2-3-20-13-8-22-15(23)14(12)13/h2-6H,7-8H2,1H3,(H,20,21)(H,22,23). The molecule has 2 aromatic rings. The Bertz CT molecular complexity index is 988. The number of anilines is 1. The molecule has 1 aliphatic heterocycles. The van der Waals surface area contributed by atoms with Crippen molar-refractivity contribution in [2.45, 2.75) is 24.2 Å². The fraction of sp³-hybridized carbons (Fsp3) is 0.250. The molecule has 0 saturated heterocycles. The molecule has 138 valence electrons. The van der Waals surface area contributed by atoms with Crippen LogP contribution in [0.4, 0.5) is 18.9 Å². The Labute approximate surface area is 147 Å². The lowest BCUT2D eigenvalue weighted by molar-refractivity contribution is -0.137. The highest BCUT2D eigenvalue weighted by Gasteiger charge is 2.32. The van der Waals surface area contributed by atoms with Gasteiger partial charge in [0.05, 0.1) is 33.9 Å². The van der Waals surface area contributed by atoms with Crippen LogP contribution in [0.5, 0.6) is 0 Å². The Kier molecular flexibility index (Phi) is 4.39. The first-order valence-corrected chi connectivity index (χ1v) is 9.36. The number of rotatable bonds is 4. The number of hydrogen-bond acceptors (Lipinski definition) is 5. The summed E-state index contributed by atoms with van der Waals surface area (Å²) in [6, 6.07) is 4.20. The monoisotopic (exact) mass is 385 g/mol. The van der Waals surface area contributed by atoms with Crippen LogP contribution in [0.1, 0.15) is 27.2 Å². The number of pyridine rings is 1. The summed E-state index contributed by atoms with van der Waals surface area (Å²) in [5, 5.41) is 5.50. The second-order valence-corrected chi connectivity index (χ2v) is 7.87. The van der Waals surface area contributed by atoms with E-state index in [1.165, 1.54) is 18.3 Å². The van der Waals surface area contributed by atoms with E-state index >= 15 is 0 Å². The van der Waals surface area contributed by atoms with Crippen molar-refractivity contribution in [1.82, 2.24) is 10.3 Å².